The maximum absolute atomic E-state index is 4.76. The average Bonchev–Trinajstić information content (AvgIpc) is 0.918. The van der Waals surface area contributed by atoms with Gasteiger partial charge >= 0.3 is 71.1 Å². The van der Waals surface area contributed by atoms with Gasteiger partial charge in [-0.3, -0.25) is 0 Å². The van der Waals surface area contributed by atoms with E-state index in [1.54, 1.807) is 0 Å². The van der Waals surface area contributed by atoms with Crippen LogP contribution in [0, 0.1) is 0 Å². The molecule has 0 rings (SSSR count). The van der Waals surface area contributed by atoms with Crippen LogP contribution in [0.4, 0.5) is 0 Å². The van der Waals surface area contributed by atoms with E-state index < -0.39 is 0 Å². The number of halogens is 4. The van der Waals surface area contributed by atoms with Gasteiger partial charge in [0.05, 0.1) is 0 Å². The van der Waals surface area contributed by atoms with Gasteiger partial charge in [0.15, 0.2) is 0 Å². The summed E-state index contributed by atoms with van der Waals surface area (Å²) in [4.78, 5) is 0. The summed E-state index contributed by atoms with van der Waals surface area (Å²) in [5.74, 6) is 0. The summed E-state index contributed by atoms with van der Waals surface area (Å²) < 4.78 is 0. The van der Waals surface area contributed by atoms with Crippen LogP contribution in [0.15, 0.2) is 0 Å². The van der Waals surface area contributed by atoms with Crippen LogP contribution in [-0.4, -0.2) is 0 Å². The van der Waals surface area contributed by atoms with E-state index in [0.717, 1.165) is 0 Å². The second-order valence-corrected chi connectivity index (χ2v) is 1.87. The minimum atomic E-state index is 0. The van der Waals surface area contributed by atoms with Crippen LogP contribution < -0.4 is 62.5 Å². The first-order valence-corrected chi connectivity index (χ1v) is 3.31. The number of hydrogen-bond donors (Lipinski definition) is 0. The van der Waals surface area contributed by atoms with Crippen molar-refractivity contribution in [2.24, 2.45) is 0 Å². The predicted octanol–water partition coefficient (Wildman–Crippen LogP) is -10.6. The van der Waals surface area contributed by atoms with Crippen LogP contribution in [0.5, 0.6) is 0 Å². The van der Waals surface area contributed by atoms with E-state index in [0.29, 0.717) is 0 Å². The largest absolute Gasteiger partial charge is 1.00 e. The number of rotatable bonds is 0. The van der Waals surface area contributed by atoms with Gasteiger partial charge in [-0.15, -0.1) is 0 Å². The molecule has 7 heteroatoms. The Morgan fingerprint density at radius 2 is 0.857 bits per heavy atom. The molecule has 0 aromatic carbocycles. The monoisotopic (exact) mass is 210 g/mol. The topological polar surface area (TPSA) is 0 Å². The van der Waals surface area contributed by atoms with Crippen molar-refractivity contribution in [1.29, 1.82) is 0 Å². The number of hydrogen-bond acceptors (Lipinski definition) is 0. The van der Waals surface area contributed by atoms with E-state index in [4.69, 9.17) is 20.2 Å². The normalized spacial score (nSPS) is 3.14. The molecule has 0 unspecified atom stereocenters. The van der Waals surface area contributed by atoms with Gasteiger partial charge in [0, 0.05) is 0 Å². The summed E-state index contributed by atoms with van der Waals surface area (Å²) in [6.07, 6.45) is 0. The van der Waals surface area contributed by atoms with Gasteiger partial charge in [0.1, 0.15) is 0 Å². The van der Waals surface area contributed by atoms with E-state index in [-0.39, 0.29) is 75.7 Å². The van der Waals surface area contributed by atoms with Gasteiger partial charge in [0.2, 0.25) is 0 Å². The van der Waals surface area contributed by atoms with Gasteiger partial charge in [0.25, 0.3) is 0 Å². The van der Waals surface area contributed by atoms with Crippen LogP contribution in [0.1, 0.15) is 0 Å². The van der Waals surface area contributed by atoms with Gasteiger partial charge in [-0.1, -0.05) is 0 Å². The minimum absolute atomic E-state index is 0. The molecule has 0 aliphatic heterocycles. The first kappa shape index (κ1) is 32.7. The van der Waals surface area contributed by atoms with Gasteiger partial charge in [-0.25, -0.2) is 0 Å². The van der Waals surface area contributed by atoms with Crippen LogP contribution in [0.2, 0.25) is 0 Å². The third kappa shape index (κ3) is 50.8. The molecule has 0 atom stereocenters. The SMILES string of the molecule is [Cl-].[Cl-].[Cl][Fe][Cl].[Li+].[Li+]. The van der Waals surface area contributed by atoms with Crippen molar-refractivity contribution in [3.05, 3.63) is 0 Å². The Morgan fingerprint density at radius 3 is 0.857 bits per heavy atom. The maximum atomic E-state index is 4.76. The van der Waals surface area contributed by atoms with Crippen LogP contribution in [0.25, 0.3) is 0 Å². The molecule has 0 N–H and O–H groups in total. The Kier molecular flexibility index (Phi) is 171. The fourth-order valence-corrected chi connectivity index (χ4v) is 0. The Hall–Kier alpha value is 2.87. The summed E-state index contributed by atoms with van der Waals surface area (Å²) in [6.45, 7) is 0. The molecule has 0 fully saturated rings. The van der Waals surface area contributed by atoms with E-state index in [1.165, 1.54) is 0 Å². The molecule has 7 heavy (non-hydrogen) atoms. The summed E-state index contributed by atoms with van der Waals surface area (Å²) in [6, 6.07) is 0. The third-order valence-corrected chi connectivity index (χ3v) is 0. The zero-order valence-electron chi connectivity index (χ0n) is 3.87. The quantitative estimate of drug-likeness (QED) is 0.349. The molecule has 0 aliphatic carbocycles. The zero-order chi connectivity index (χ0) is 2.71. The van der Waals surface area contributed by atoms with Crippen molar-refractivity contribution in [3.8, 4) is 0 Å². The molecule has 0 nitrogen and oxygen atoms in total. The molecular weight excluding hydrogens is 212 g/mol. The van der Waals surface area contributed by atoms with Crippen LogP contribution in [-0.2, 0) is 13.1 Å². The minimum Gasteiger partial charge on any atom is 1.00 e. The Morgan fingerprint density at radius 1 is 0.857 bits per heavy atom. The van der Waals surface area contributed by atoms with Crippen molar-refractivity contribution in [2.45, 2.75) is 0 Å². The molecule has 0 saturated carbocycles. The smallest absolute Gasteiger partial charge is 1.00 e. The van der Waals surface area contributed by atoms with Crippen LogP contribution in [0.3, 0.4) is 0 Å². The molecule has 0 aliphatic rings. The Bertz CT molecular complexity index is 9.65. The molecule has 0 aromatic heterocycles. The molecular formula is Cl4FeLi2. The molecule has 0 amide bonds. The molecule has 38 valence electrons. The molecule has 0 radical (unpaired) electrons. The predicted molar refractivity (Wildman–Crippen MR) is 11.7 cm³/mol. The van der Waals surface area contributed by atoms with Gasteiger partial charge in [-0.2, -0.15) is 0 Å². The summed E-state index contributed by atoms with van der Waals surface area (Å²) in [5, 5.41) is 0. The molecule has 0 heterocycles. The van der Waals surface area contributed by atoms with Crippen molar-refractivity contribution >= 4 is 20.2 Å². The second-order valence-electron chi connectivity index (χ2n) is 0.0505. The van der Waals surface area contributed by atoms with Crippen LogP contribution >= 0.6 is 20.2 Å². The zero-order valence-corrected chi connectivity index (χ0v) is 7.99. The van der Waals surface area contributed by atoms with E-state index in [1.807, 2.05) is 0 Å². The standard InChI is InChI=1S/4ClH.Fe.2Li/h4*1H;;;/q;;;;+2;2*+1/p-4. The van der Waals surface area contributed by atoms with Gasteiger partial charge < -0.3 is 24.8 Å². The van der Waals surface area contributed by atoms with E-state index in [2.05, 4.69) is 0 Å². The fourth-order valence-electron chi connectivity index (χ4n) is 0. The summed E-state index contributed by atoms with van der Waals surface area (Å²) >= 11 is 0.194. The first-order valence-electron chi connectivity index (χ1n) is 0.267. The molecule has 0 bridgehead atoms. The van der Waals surface area contributed by atoms with E-state index >= 15 is 0 Å². The first-order chi connectivity index (χ1) is 1.41. The second kappa shape index (κ2) is 36.7. The van der Waals surface area contributed by atoms with Crippen molar-refractivity contribution in [3.63, 3.8) is 0 Å². The molecule has 0 saturated heterocycles. The Balaban J connectivity index is -0.00000000333. The Labute approximate surface area is 94.6 Å². The fraction of sp³-hybridized carbons (Fsp3) is 0. The average molecular weight is 212 g/mol. The molecule has 0 spiro atoms. The van der Waals surface area contributed by atoms with E-state index in [9.17, 15) is 0 Å². The third-order valence-electron chi connectivity index (χ3n) is 0. The summed E-state index contributed by atoms with van der Waals surface area (Å²) in [7, 11) is 9.53. The van der Waals surface area contributed by atoms with Crippen molar-refractivity contribution in [2.75, 3.05) is 0 Å². The van der Waals surface area contributed by atoms with Gasteiger partial charge in [-0.05, 0) is 0 Å². The van der Waals surface area contributed by atoms with Crippen molar-refractivity contribution < 1.29 is 75.7 Å². The molecule has 0 aromatic rings. The van der Waals surface area contributed by atoms with Crippen molar-refractivity contribution in [1.82, 2.24) is 0 Å². The maximum Gasteiger partial charge on any atom is 1.00 e. The summed E-state index contributed by atoms with van der Waals surface area (Å²) in [5.41, 5.74) is 0.